The van der Waals surface area contributed by atoms with Crippen LogP contribution in [-0.4, -0.2) is 25.5 Å². The Morgan fingerprint density at radius 2 is 1.69 bits per heavy atom. The second kappa shape index (κ2) is 8.37. The van der Waals surface area contributed by atoms with Crippen LogP contribution in [0.25, 0.3) is 0 Å². The third-order valence-electron chi connectivity index (χ3n) is 3.49. The molecule has 156 valence electrons. The Kier molecular flexibility index (Phi) is 6.53. The van der Waals surface area contributed by atoms with Gasteiger partial charge in [0.15, 0.2) is 5.75 Å². The van der Waals surface area contributed by atoms with Crippen LogP contribution in [0.3, 0.4) is 0 Å². The van der Waals surface area contributed by atoms with Crippen molar-refractivity contribution in [1.29, 1.82) is 0 Å². The van der Waals surface area contributed by atoms with Crippen molar-refractivity contribution < 1.29 is 35.6 Å². The van der Waals surface area contributed by atoms with Gasteiger partial charge in [0.1, 0.15) is 5.82 Å². The predicted octanol–water partition coefficient (Wildman–Crippen LogP) is 4.48. The van der Waals surface area contributed by atoms with Crippen LogP contribution >= 0.6 is 11.6 Å². The minimum Gasteiger partial charge on any atom is -0.357 e. The number of carbonyl (C=O) groups excluding carboxylic acids is 1. The maximum Gasteiger partial charge on any atom is 0.517 e. The first-order valence-electron chi connectivity index (χ1n) is 7.74. The normalized spacial score (nSPS) is 12.6. The van der Waals surface area contributed by atoms with Crippen LogP contribution in [-0.2, 0) is 14.8 Å². The predicted molar refractivity (Wildman–Crippen MR) is 98.8 cm³/mol. The molecule has 0 N–H and O–H groups in total. The van der Waals surface area contributed by atoms with Gasteiger partial charge in [-0.1, -0.05) is 16.8 Å². The van der Waals surface area contributed by atoms with Gasteiger partial charge in [-0.3, -0.25) is 4.79 Å². The summed E-state index contributed by atoms with van der Waals surface area (Å²) in [4.78, 5) is 16.9. The molecule has 0 heterocycles. The lowest BCUT2D eigenvalue weighted by atomic mass is 10.1. The molecular formula is C17H13ClF4N2O4S. The first-order chi connectivity index (χ1) is 13.3. The standard InChI is InChI=1S/C17H13ClF4N2O4S/c1-10(23-28-14-6-4-13(19)5-7-14)15-9-12(18)3-8-16(15)24(11(2)25)29(26,27)17(20,21)22/h3-9H,1-2H3. The molecule has 29 heavy (non-hydrogen) atoms. The van der Waals surface area contributed by atoms with E-state index >= 15 is 0 Å². The van der Waals surface area contributed by atoms with E-state index < -0.39 is 32.9 Å². The van der Waals surface area contributed by atoms with Gasteiger partial charge in [-0.25, -0.2) is 4.39 Å². The molecule has 0 fully saturated rings. The molecule has 0 saturated heterocycles. The van der Waals surface area contributed by atoms with E-state index in [1.165, 1.54) is 19.1 Å². The zero-order chi connectivity index (χ0) is 22.0. The smallest absolute Gasteiger partial charge is 0.357 e. The van der Waals surface area contributed by atoms with Gasteiger partial charge in [-0.15, -0.1) is 0 Å². The number of carbonyl (C=O) groups is 1. The molecule has 0 unspecified atom stereocenters. The van der Waals surface area contributed by atoms with Crippen LogP contribution in [0.15, 0.2) is 47.6 Å². The summed E-state index contributed by atoms with van der Waals surface area (Å²) in [6, 6.07) is 7.89. The van der Waals surface area contributed by atoms with Gasteiger partial charge < -0.3 is 4.84 Å². The molecule has 0 bridgehead atoms. The molecule has 12 heteroatoms. The monoisotopic (exact) mass is 452 g/mol. The van der Waals surface area contributed by atoms with E-state index in [-0.39, 0.29) is 26.4 Å². The van der Waals surface area contributed by atoms with Gasteiger partial charge in [-0.2, -0.15) is 25.9 Å². The van der Waals surface area contributed by atoms with Gasteiger partial charge in [-0.05, 0) is 49.4 Å². The highest BCUT2D eigenvalue weighted by molar-refractivity contribution is 7.94. The summed E-state index contributed by atoms with van der Waals surface area (Å²) in [5.41, 5.74) is -6.60. The summed E-state index contributed by atoms with van der Waals surface area (Å²) in [7, 11) is -6.03. The van der Waals surface area contributed by atoms with E-state index in [2.05, 4.69) is 5.16 Å². The summed E-state index contributed by atoms with van der Waals surface area (Å²) in [6.45, 7) is 1.97. The molecule has 2 aromatic rings. The van der Waals surface area contributed by atoms with E-state index in [1.54, 1.807) is 0 Å². The van der Waals surface area contributed by atoms with Crippen molar-refractivity contribution in [2.24, 2.45) is 5.16 Å². The number of hydrogen-bond acceptors (Lipinski definition) is 5. The van der Waals surface area contributed by atoms with Crippen LogP contribution in [0.1, 0.15) is 19.4 Å². The van der Waals surface area contributed by atoms with Crippen molar-refractivity contribution >= 4 is 38.9 Å². The van der Waals surface area contributed by atoms with Gasteiger partial charge >= 0.3 is 15.5 Å². The summed E-state index contributed by atoms with van der Waals surface area (Å²) >= 11 is 5.87. The number of hydrogen-bond donors (Lipinski definition) is 0. The van der Waals surface area contributed by atoms with E-state index in [0.29, 0.717) is 6.92 Å². The number of oxime groups is 1. The van der Waals surface area contributed by atoms with Crippen LogP contribution in [0.5, 0.6) is 5.75 Å². The van der Waals surface area contributed by atoms with Crippen molar-refractivity contribution in [1.82, 2.24) is 0 Å². The molecular weight excluding hydrogens is 440 g/mol. The van der Waals surface area contributed by atoms with Crippen molar-refractivity contribution in [2.45, 2.75) is 19.4 Å². The second-order valence-corrected chi connectivity index (χ2v) is 7.83. The molecule has 0 spiro atoms. The number of amides is 1. The third kappa shape index (κ3) is 5.04. The maximum absolute atomic E-state index is 13.1. The van der Waals surface area contributed by atoms with E-state index in [0.717, 1.165) is 30.3 Å². The highest BCUT2D eigenvalue weighted by Gasteiger charge is 2.52. The topological polar surface area (TPSA) is 76.0 Å². The van der Waals surface area contributed by atoms with Gasteiger partial charge in [0.25, 0.3) is 0 Å². The summed E-state index contributed by atoms with van der Waals surface area (Å²) in [5.74, 6) is -1.80. The Balaban J connectivity index is 2.56. The molecule has 0 radical (unpaired) electrons. The maximum atomic E-state index is 13.1. The van der Waals surface area contributed by atoms with Gasteiger partial charge in [0.05, 0.1) is 11.4 Å². The molecule has 0 aliphatic heterocycles. The lowest BCUT2D eigenvalue weighted by molar-refractivity contribution is -0.115. The lowest BCUT2D eigenvalue weighted by Gasteiger charge is -2.24. The minimum atomic E-state index is -6.03. The van der Waals surface area contributed by atoms with E-state index in [9.17, 15) is 30.8 Å². The minimum absolute atomic E-state index is 0.0491. The highest BCUT2D eigenvalue weighted by Crippen LogP contribution is 2.34. The number of alkyl halides is 3. The fraction of sp³-hybridized carbons (Fsp3) is 0.176. The zero-order valence-electron chi connectivity index (χ0n) is 14.9. The first-order valence-corrected chi connectivity index (χ1v) is 9.55. The molecule has 0 aliphatic rings. The number of sulfonamides is 1. The summed E-state index contributed by atoms with van der Waals surface area (Å²) in [5, 5.41) is 3.75. The highest BCUT2D eigenvalue weighted by atomic mass is 35.5. The summed E-state index contributed by atoms with van der Waals surface area (Å²) in [6.07, 6.45) is 0. The van der Waals surface area contributed by atoms with Crippen LogP contribution in [0.2, 0.25) is 5.02 Å². The molecule has 2 aromatic carbocycles. The average Bonchev–Trinajstić information content (AvgIpc) is 2.61. The molecule has 0 aliphatic carbocycles. The average molecular weight is 453 g/mol. The molecule has 0 aromatic heterocycles. The van der Waals surface area contributed by atoms with E-state index in [4.69, 9.17) is 16.4 Å². The largest absolute Gasteiger partial charge is 0.517 e. The molecule has 6 nitrogen and oxygen atoms in total. The second-order valence-electron chi connectivity index (χ2n) is 5.62. The lowest BCUT2D eigenvalue weighted by Crippen LogP contribution is -2.44. The number of anilines is 1. The number of halogens is 5. The first kappa shape index (κ1) is 22.6. The molecule has 1 amide bonds. The fourth-order valence-corrected chi connectivity index (χ4v) is 3.35. The Bertz CT molecular complexity index is 1050. The fourth-order valence-electron chi connectivity index (χ4n) is 2.21. The SMILES string of the molecule is CC(=O)N(c1ccc(Cl)cc1C(C)=NOc1ccc(F)cc1)S(=O)(=O)C(F)(F)F. The Morgan fingerprint density at radius 1 is 1.10 bits per heavy atom. The van der Waals surface area contributed by atoms with Crippen LogP contribution < -0.4 is 9.14 Å². The van der Waals surface area contributed by atoms with Crippen molar-refractivity contribution in [3.05, 3.63) is 58.9 Å². The third-order valence-corrected chi connectivity index (χ3v) is 5.24. The van der Waals surface area contributed by atoms with Crippen LogP contribution in [0, 0.1) is 5.82 Å². The van der Waals surface area contributed by atoms with Crippen LogP contribution in [0.4, 0.5) is 23.2 Å². The molecule has 0 saturated carbocycles. The van der Waals surface area contributed by atoms with Crippen molar-refractivity contribution in [3.8, 4) is 5.75 Å². The number of rotatable bonds is 5. The summed E-state index contributed by atoms with van der Waals surface area (Å²) < 4.78 is 75.5. The van der Waals surface area contributed by atoms with Crippen molar-refractivity contribution in [3.63, 3.8) is 0 Å². The van der Waals surface area contributed by atoms with Gasteiger partial charge in [0.2, 0.25) is 5.91 Å². The Hall–Kier alpha value is -2.66. The Labute approximate surface area is 168 Å². The molecule has 0 atom stereocenters. The van der Waals surface area contributed by atoms with Crippen molar-refractivity contribution in [2.75, 3.05) is 4.31 Å². The van der Waals surface area contributed by atoms with Gasteiger partial charge in [0, 0.05) is 17.5 Å². The Morgan fingerprint density at radius 3 is 2.21 bits per heavy atom. The quantitative estimate of drug-likeness (QED) is 0.380. The molecule has 2 rings (SSSR count). The number of nitrogens with zero attached hydrogens (tertiary/aromatic N) is 2. The number of benzene rings is 2. The van der Waals surface area contributed by atoms with E-state index in [1.807, 2.05) is 0 Å². The zero-order valence-corrected chi connectivity index (χ0v) is 16.4.